The minimum Gasteiger partial charge on any atom is -0.395 e. The van der Waals surface area contributed by atoms with E-state index in [1.54, 1.807) is 6.20 Å². The van der Waals surface area contributed by atoms with Gasteiger partial charge in [-0.2, -0.15) is 0 Å². The average Bonchev–Trinajstić information content (AvgIpc) is 2.18. The highest BCUT2D eigenvalue weighted by Gasteiger charge is 2.07. The van der Waals surface area contributed by atoms with Crippen LogP contribution >= 0.6 is 0 Å². The van der Waals surface area contributed by atoms with Crippen LogP contribution < -0.4 is 0 Å². The summed E-state index contributed by atoms with van der Waals surface area (Å²) in [6.45, 7) is 3.02. The Morgan fingerprint density at radius 2 is 2.38 bits per heavy atom. The molecule has 1 unspecified atom stereocenters. The maximum absolute atomic E-state index is 8.93. The van der Waals surface area contributed by atoms with Gasteiger partial charge >= 0.3 is 0 Å². The molecule has 0 fully saturated rings. The monoisotopic (exact) mass is 180 g/mol. The normalized spacial score (nSPS) is 13.2. The van der Waals surface area contributed by atoms with Gasteiger partial charge in [-0.25, -0.2) is 0 Å². The van der Waals surface area contributed by atoms with Crippen molar-refractivity contribution < 1.29 is 5.11 Å². The van der Waals surface area contributed by atoms with E-state index in [2.05, 4.69) is 9.88 Å². The molecule has 1 aromatic heterocycles. The smallest absolute Gasteiger partial charge is 0.0584 e. The summed E-state index contributed by atoms with van der Waals surface area (Å²) in [5, 5.41) is 8.93. The van der Waals surface area contributed by atoms with Crippen molar-refractivity contribution in [2.75, 3.05) is 13.7 Å². The lowest BCUT2D eigenvalue weighted by molar-refractivity contribution is 0.154. The van der Waals surface area contributed by atoms with Crippen LogP contribution in [0.25, 0.3) is 0 Å². The van der Waals surface area contributed by atoms with Crippen LogP contribution in [0.15, 0.2) is 24.5 Å². The molecule has 0 radical (unpaired) electrons. The van der Waals surface area contributed by atoms with E-state index in [-0.39, 0.29) is 12.6 Å². The Hall–Kier alpha value is -0.930. The molecule has 13 heavy (non-hydrogen) atoms. The molecule has 3 nitrogen and oxygen atoms in total. The third-order valence-corrected chi connectivity index (χ3v) is 2.17. The minimum atomic E-state index is 0.191. The number of hydrogen-bond donors (Lipinski definition) is 1. The standard InChI is InChI=1S/C10H16N2O/c1-9(8-13)12(2)7-10-4-3-5-11-6-10/h3-6,9,13H,7-8H2,1-2H3. The Bertz CT molecular complexity index is 238. The maximum atomic E-state index is 8.93. The van der Waals surface area contributed by atoms with Crippen LogP contribution in [0, 0.1) is 0 Å². The number of aliphatic hydroxyl groups excluding tert-OH is 1. The second-order valence-electron chi connectivity index (χ2n) is 3.31. The fraction of sp³-hybridized carbons (Fsp3) is 0.500. The van der Waals surface area contributed by atoms with Gasteiger partial charge in [-0.1, -0.05) is 6.07 Å². The minimum absolute atomic E-state index is 0.191. The van der Waals surface area contributed by atoms with Gasteiger partial charge in [0, 0.05) is 25.0 Å². The third-order valence-electron chi connectivity index (χ3n) is 2.17. The van der Waals surface area contributed by atoms with Crippen molar-refractivity contribution in [1.82, 2.24) is 9.88 Å². The third kappa shape index (κ3) is 3.13. The maximum Gasteiger partial charge on any atom is 0.0584 e. The fourth-order valence-corrected chi connectivity index (χ4v) is 1.07. The van der Waals surface area contributed by atoms with E-state index >= 15 is 0 Å². The molecule has 0 aliphatic heterocycles. The zero-order valence-corrected chi connectivity index (χ0v) is 8.14. The van der Waals surface area contributed by atoms with Crippen molar-refractivity contribution in [3.05, 3.63) is 30.1 Å². The van der Waals surface area contributed by atoms with Gasteiger partial charge in [0.15, 0.2) is 0 Å². The molecule has 1 aromatic rings. The predicted molar refractivity (Wildman–Crippen MR) is 52.3 cm³/mol. The summed E-state index contributed by atoms with van der Waals surface area (Å²) in [7, 11) is 1.99. The van der Waals surface area contributed by atoms with E-state index in [4.69, 9.17) is 5.11 Å². The molecular formula is C10H16N2O. The van der Waals surface area contributed by atoms with Gasteiger partial charge in [0.1, 0.15) is 0 Å². The molecule has 0 saturated heterocycles. The zero-order valence-electron chi connectivity index (χ0n) is 8.14. The van der Waals surface area contributed by atoms with Crippen molar-refractivity contribution in [2.45, 2.75) is 19.5 Å². The summed E-state index contributed by atoms with van der Waals surface area (Å²) in [4.78, 5) is 6.13. The lowest BCUT2D eigenvalue weighted by Crippen LogP contribution is -2.31. The van der Waals surface area contributed by atoms with E-state index in [9.17, 15) is 0 Å². The second kappa shape index (κ2) is 4.94. The molecule has 0 amide bonds. The van der Waals surface area contributed by atoms with Gasteiger partial charge in [-0.3, -0.25) is 9.88 Å². The van der Waals surface area contributed by atoms with Gasteiger partial charge < -0.3 is 5.11 Å². The van der Waals surface area contributed by atoms with Gasteiger partial charge in [0.25, 0.3) is 0 Å². The number of nitrogens with zero attached hydrogens (tertiary/aromatic N) is 2. The average molecular weight is 180 g/mol. The second-order valence-corrected chi connectivity index (χ2v) is 3.31. The van der Waals surface area contributed by atoms with Gasteiger partial charge in [0.05, 0.1) is 6.61 Å². The van der Waals surface area contributed by atoms with Gasteiger partial charge in [0.2, 0.25) is 0 Å². The van der Waals surface area contributed by atoms with Crippen LogP contribution in [0.3, 0.4) is 0 Å². The molecule has 1 heterocycles. The molecule has 0 aliphatic carbocycles. The molecule has 0 saturated carbocycles. The number of pyridine rings is 1. The number of aromatic nitrogens is 1. The van der Waals surface area contributed by atoms with E-state index < -0.39 is 0 Å². The predicted octanol–water partition coefficient (Wildman–Crippen LogP) is 0.894. The summed E-state index contributed by atoms with van der Waals surface area (Å²) in [5.74, 6) is 0. The van der Waals surface area contributed by atoms with Crippen molar-refractivity contribution >= 4 is 0 Å². The SMILES string of the molecule is CC(CO)N(C)Cc1cccnc1. The Labute approximate surface area is 79.0 Å². The molecule has 1 N–H and O–H groups in total. The largest absolute Gasteiger partial charge is 0.395 e. The number of likely N-dealkylation sites (N-methyl/N-ethyl adjacent to an activating group) is 1. The first-order chi connectivity index (χ1) is 6.24. The van der Waals surface area contributed by atoms with Gasteiger partial charge in [-0.15, -0.1) is 0 Å². The van der Waals surface area contributed by atoms with Crippen LogP contribution in [0.2, 0.25) is 0 Å². The molecule has 0 bridgehead atoms. The van der Waals surface area contributed by atoms with Crippen molar-refractivity contribution in [3.8, 4) is 0 Å². The van der Waals surface area contributed by atoms with Crippen LogP contribution in [0.5, 0.6) is 0 Å². The van der Waals surface area contributed by atoms with Crippen molar-refractivity contribution in [2.24, 2.45) is 0 Å². The lowest BCUT2D eigenvalue weighted by Gasteiger charge is -2.22. The molecule has 1 rings (SSSR count). The van der Waals surface area contributed by atoms with Crippen molar-refractivity contribution in [1.29, 1.82) is 0 Å². The van der Waals surface area contributed by atoms with E-state index in [0.717, 1.165) is 6.54 Å². The topological polar surface area (TPSA) is 36.4 Å². The Kier molecular flexibility index (Phi) is 3.86. The first kappa shape index (κ1) is 10.2. The highest BCUT2D eigenvalue weighted by Crippen LogP contribution is 2.03. The van der Waals surface area contributed by atoms with E-state index in [1.165, 1.54) is 5.56 Å². The lowest BCUT2D eigenvalue weighted by atomic mass is 10.2. The number of aliphatic hydroxyl groups is 1. The number of hydrogen-bond acceptors (Lipinski definition) is 3. The quantitative estimate of drug-likeness (QED) is 0.747. The molecule has 1 atom stereocenters. The highest BCUT2D eigenvalue weighted by molar-refractivity contribution is 5.08. The first-order valence-electron chi connectivity index (χ1n) is 4.44. The summed E-state index contributed by atoms with van der Waals surface area (Å²) >= 11 is 0. The Balaban J connectivity index is 2.50. The molecule has 3 heteroatoms. The Morgan fingerprint density at radius 1 is 1.62 bits per heavy atom. The summed E-state index contributed by atoms with van der Waals surface area (Å²) in [5.41, 5.74) is 1.17. The van der Waals surface area contributed by atoms with Crippen LogP contribution in [0.1, 0.15) is 12.5 Å². The molecular weight excluding hydrogens is 164 g/mol. The molecule has 72 valence electrons. The molecule has 0 aromatic carbocycles. The summed E-state index contributed by atoms with van der Waals surface area (Å²) in [6, 6.07) is 4.15. The van der Waals surface area contributed by atoms with Crippen LogP contribution in [-0.2, 0) is 6.54 Å². The van der Waals surface area contributed by atoms with Gasteiger partial charge in [-0.05, 0) is 25.6 Å². The van der Waals surface area contributed by atoms with Crippen LogP contribution in [0.4, 0.5) is 0 Å². The fourth-order valence-electron chi connectivity index (χ4n) is 1.07. The van der Waals surface area contributed by atoms with E-state index in [1.807, 2.05) is 32.3 Å². The van der Waals surface area contributed by atoms with E-state index in [0.29, 0.717) is 0 Å². The molecule has 0 aliphatic rings. The van der Waals surface area contributed by atoms with Crippen molar-refractivity contribution in [3.63, 3.8) is 0 Å². The summed E-state index contributed by atoms with van der Waals surface area (Å²) < 4.78 is 0. The summed E-state index contributed by atoms with van der Waals surface area (Å²) in [6.07, 6.45) is 3.61. The Morgan fingerprint density at radius 3 is 2.92 bits per heavy atom. The molecule has 0 spiro atoms. The highest BCUT2D eigenvalue weighted by atomic mass is 16.3. The van der Waals surface area contributed by atoms with Crippen LogP contribution in [-0.4, -0.2) is 34.7 Å². The zero-order chi connectivity index (χ0) is 9.68. The number of rotatable bonds is 4. The first-order valence-corrected chi connectivity index (χ1v) is 4.44.